The summed E-state index contributed by atoms with van der Waals surface area (Å²) in [6.07, 6.45) is -3.25. The zero-order chi connectivity index (χ0) is 31.8. The highest BCUT2D eigenvalue weighted by molar-refractivity contribution is 7.53. The molecule has 5 aromatic rings. The van der Waals surface area contributed by atoms with Crippen LogP contribution in [0.5, 0.6) is 5.75 Å². The Hall–Kier alpha value is -3.86. The predicted octanol–water partition coefficient (Wildman–Crippen LogP) is 6.67. The molecule has 44 heavy (non-hydrogen) atoms. The second-order valence-corrected chi connectivity index (χ2v) is 13.5. The monoisotopic (exact) mass is 649 g/mol. The maximum atomic E-state index is 14.4. The Morgan fingerprint density at radius 3 is 1.86 bits per heavy atom. The fraction of sp³-hybridized carbons (Fsp3) is 0.172. The summed E-state index contributed by atoms with van der Waals surface area (Å²) >= 11 is 0. The molecule has 5 rings (SSSR count). The van der Waals surface area contributed by atoms with Crippen LogP contribution in [-0.4, -0.2) is 35.8 Å². The summed E-state index contributed by atoms with van der Waals surface area (Å²) in [5, 5.41) is 8.79. The molecule has 0 saturated heterocycles. The average molecular weight is 649 g/mol. The van der Waals surface area contributed by atoms with Crippen LogP contribution in [0.25, 0.3) is 11.0 Å². The van der Waals surface area contributed by atoms with Crippen molar-refractivity contribution in [1.29, 1.82) is 0 Å². The van der Waals surface area contributed by atoms with Crippen LogP contribution in [0.4, 0.5) is 17.6 Å². The van der Waals surface area contributed by atoms with E-state index in [9.17, 15) is 31.6 Å². The number of alkyl halides is 4. The summed E-state index contributed by atoms with van der Waals surface area (Å²) < 4.78 is 84.0. The Labute approximate surface area is 248 Å². The molecule has 2 unspecified atom stereocenters. The average Bonchev–Trinajstić information content (AvgIpc) is 3.42. The zero-order valence-electron chi connectivity index (χ0n) is 22.6. The number of hydrogen-bond donors (Lipinski definition) is 3. The minimum Gasteiger partial charge on any atom is -0.421 e. The lowest BCUT2D eigenvalue weighted by atomic mass is 9.78. The minimum absolute atomic E-state index is 0.140. The van der Waals surface area contributed by atoms with Crippen LogP contribution < -0.4 is 4.52 Å². The normalized spacial score (nSPS) is 15.2. The number of hydrogen-bond acceptors (Lipinski definition) is 5. The van der Waals surface area contributed by atoms with Crippen molar-refractivity contribution in [3.63, 3.8) is 0 Å². The lowest BCUT2D eigenvalue weighted by Crippen LogP contribution is -2.40. The third-order valence-electron chi connectivity index (χ3n) is 7.13. The number of halogens is 4. The zero-order valence-corrected chi connectivity index (χ0v) is 24.4. The van der Waals surface area contributed by atoms with Gasteiger partial charge in [-0.05, 0) is 41.0 Å². The molecule has 0 aliphatic carbocycles. The van der Waals surface area contributed by atoms with Crippen molar-refractivity contribution in [3.05, 3.63) is 125 Å². The minimum atomic E-state index is -5.77. The van der Waals surface area contributed by atoms with Gasteiger partial charge in [-0.2, -0.15) is 17.6 Å². The molecule has 3 N–H and O–H groups in total. The number of benzene rings is 4. The highest BCUT2D eigenvalue weighted by Crippen LogP contribution is 2.59. The van der Waals surface area contributed by atoms with E-state index in [0.717, 1.165) is 17.7 Å². The van der Waals surface area contributed by atoms with E-state index in [1.54, 1.807) is 35.0 Å². The first-order chi connectivity index (χ1) is 20.7. The van der Waals surface area contributed by atoms with Crippen molar-refractivity contribution in [2.24, 2.45) is 0 Å². The van der Waals surface area contributed by atoms with E-state index in [4.69, 9.17) is 9.79 Å². The molecule has 2 atom stereocenters. The molecule has 230 valence electrons. The first kappa shape index (κ1) is 31.6. The van der Waals surface area contributed by atoms with Crippen molar-refractivity contribution < 1.29 is 45.9 Å². The standard InChI is InChI=1S/C29H25F4N3O6P2/c30-27(31)43(37,38)42-24-16-12-21(13-17-24)19-28(22-6-2-1-3-7-22,36-26-9-5-4-8-25(26)34-35-36)18-20-10-14-23(15-11-20)29(32,33)44(39,40)41/h1-17,27H,18-19H2,(H,37,38)(H2,39,40,41). The molecule has 9 nitrogen and oxygen atoms in total. The van der Waals surface area contributed by atoms with Gasteiger partial charge < -0.3 is 19.2 Å². The van der Waals surface area contributed by atoms with E-state index in [-0.39, 0.29) is 18.6 Å². The fourth-order valence-corrected chi connectivity index (χ4v) is 5.99. The van der Waals surface area contributed by atoms with Crippen LogP contribution in [0.2, 0.25) is 0 Å². The van der Waals surface area contributed by atoms with Gasteiger partial charge in [-0.3, -0.25) is 4.57 Å². The molecule has 0 bridgehead atoms. The van der Waals surface area contributed by atoms with Crippen LogP contribution in [0.3, 0.4) is 0 Å². The summed E-state index contributed by atoms with van der Waals surface area (Å²) in [5.74, 6) is -0.238. The molecule has 1 aromatic heterocycles. The van der Waals surface area contributed by atoms with E-state index < -0.39 is 38.1 Å². The van der Waals surface area contributed by atoms with Crippen molar-refractivity contribution in [1.82, 2.24) is 15.0 Å². The Morgan fingerprint density at radius 2 is 1.30 bits per heavy atom. The molecule has 0 spiro atoms. The molecule has 0 radical (unpaired) electrons. The van der Waals surface area contributed by atoms with Gasteiger partial charge in [0.25, 0.3) is 0 Å². The van der Waals surface area contributed by atoms with Gasteiger partial charge in [0, 0.05) is 18.4 Å². The SMILES string of the molecule is O=P(O)(Oc1ccc(CC(Cc2ccc(C(F)(F)P(=O)(O)O)cc2)(c2ccccc2)n2nnc3ccccc32)cc1)C(F)F. The van der Waals surface area contributed by atoms with Gasteiger partial charge in [0.15, 0.2) is 0 Å². The Balaban J connectivity index is 1.63. The molecule has 0 aliphatic rings. The molecule has 0 fully saturated rings. The summed E-state index contributed by atoms with van der Waals surface area (Å²) in [7, 11) is -11.0. The molecule has 0 aliphatic heterocycles. The van der Waals surface area contributed by atoms with Gasteiger partial charge >= 0.3 is 27.0 Å². The van der Waals surface area contributed by atoms with E-state index in [2.05, 4.69) is 14.8 Å². The maximum Gasteiger partial charge on any atom is 0.442 e. The van der Waals surface area contributed by atoms with E-state index >= 15 is 0 Å². The summed E-state index contributed by atoms with van der Waals surface area (Å²) in [5.41, 5.74) is -3.16. The number of nitrogens with zero attached hydrogens (tertiary/aromatic N) is 3. The third kappa shape index (κ3) is 6.20. The Kier molecular flexibility index (Phi) is 8.54. The Morgan fingerprint density at radius 1 is 0.750 bits per heavy atom. The second-order valence-electron chi connectivity index (χ2n) is 10.1. The van der Waals surface area contributed by atoms with Gasteiger partial charge in [0.2, 0.25) is 0 Å². The summed E-state index contributed by atoms with van der Waals surface area (Å²) in [4.78, 5) is 27.8. The number of fused-ring (bicyclic) bond motifs is 1. The van der Waals surface area contributed by atoms with Crippen molar-refractivity contribution in [2.45, 2.75) is 30.2 Å². The van der Waals surface area contributed by atoms with Gasteiger partial charge in [0.05, 0.1) is 11.1 Å². The molecule has 0 amide bonds. The largest absolute Gasteiger partial charge is 0.442 e. The third-order valence-corrected chi connectivity index (χ3v) is 9.09. The van der Waals surface area contributed by atoms with Crippen LogP contribution in [0.1, 0.15) is 22.3 Å². The molecule has 4 aromatic carbocycles. The second kappa shape index (κ2) is 11.9. The van der Waals surface area contributed by atoms with Crippen LogP contribution in [0, 0.1) is 0 Å². The highest BCUT2D eigenvalue weighted by atomic mass is 31.2. The van der Waals surface area contributed by atoms with Crippen LogP contribution >= 0.6 is 15.2 Å². The molecule has 1 heterocycles. The smallest absolute Gasteiger partial charge is 0.421 e. The summed E-state index contributed by atoms with van der Waals surface area (Å²) in [6, 6.07) is 26.6. The molecular formula is C29H25F4N3O6P2. The van der Waals surface area contributed by atoms with Gasteiger partial charge in [-0.1, -0.05) is 84.1 Å². The van der Waals surface area contributed by atoms with Gasteiger partial charge in [-0.15, -0.1) is 5.10 Å². The number of rotatable bonds is 11. The van der Waals surface area contributed by atoms with E-state index in [0.29, 0.717) is 22.2 Å². The molecule has 15 heteroatoms. The first-order valence-electron chi connectivity index (χ1n) is 13.0. The number of para-hydroxylation sites is 1. The highest BCUT2D eigenvalue weighted by Gasteiger charge is 2.50. The topological polar surface area (TPSA) is 135 Å². The Bertz CT molecular complexity index is 1850. The lowest BCUT2D eigenvalue weighted by Gasteiger charge is -2.36. The lowest BCUT2D eigenvalue weighted by molar-refractivity contribution is 0.0564. The first-order valence-corrected chi connectivity index (χ1v) is 16.3. The summed E-state index contributed by atoms with van der Waals surface area (Å²) in [6.45, 7) is 0. The van der Waals surface area contributed by atoms with E-state index in [1.165, 1.54) is 24.3 Å². The number of aromatic nitrogens is 3. The quantitative estimate of drug-likeness (QED) is 0.107. The molecule has 0 saturated carbocycles. The maximum absolute atomic E-state index is 14.4. The van der Waals surface area contributed by atoms with Crippen LogP contribution in [0.15, 0.2) is 103 Å². The fourth-order valence-electron chi connectivity index (χ4n) is 5.00. The van der Waals surface area contributed by atoms with Gasteiger partial charge in [-0.25, -0.2) is 9.25 Å². The van der Waals surface area contributed by atoms with Crippen molar-refractivity contribution in [3.8, 4) is 5.75 Å². The molecular weight excluding hydrogens is 624 g/mol. The predicted molar refractivity (Wildman–Crippen MR) is 154 cm³/mol. The van der Waals surface area contributed by atoms with Crippen molar-refractivity contribution in [2.75, 3.05) is 0 Å². The van der Waals surface area contributed by atoms with Gasteiger partial charge in [0.1, 0.15) is 11.3 Å². The van der Waals surface area contributed by atoms with Crippen LogP contribution in [-0.2, 0) is 33.2 Å². The van der Waals surface area contributed by atoms with E-state index in [1.807, 2.05) is 36.4 Å². The van der Waals surface area contributed by atoms with Crippen molar-refractivity contribution >= 4 is 26.2 Å².